The van der Waals surface area contributed by atoms with E-state index in [0.29, 0.717) is 30.2 Å². The fourth-order valence-corrected chi connectivity index (χ4v) is 4.90. The van der Waals surface area contributed by atoms with Crippen molar-refractivity contribution in [2.24, 2.45) is 0 Å². The van der Waals surface area contributed by atoms with Crippen LogP contribution in [-0.2, 0) is 12.8 Å². The number of aromatic nitrogens is 4. The normalized spacial score (nSPS) is 10.8. The molecule has 0 spiro atoms. The van der Waals surface area contributed by atoms with Crippen LogP contribution in [-0.4, -0.2) is 55.9 Å². The first-order chi connectivity index (χ1) is 19.5. The van der Waals surface area contributed by atoms with E-state index in [9.17, 15) is 9.59 Å². The van der Waals surface area contributed by atoms with Gasteiger partial charge in [-0.3, -0.25) is 18.9 Å². The van der Waals surface area contributed by atoms with Crippen molar-refractivity contribution in [1.82, 2.24) is 19.7 Å². The Hall–Kier alpha value is -3.72. The Labute approximate surface area is 260 Å². The molecule has 0 bridgehead atoms. The minimum atomic E-state index is -0.596. The first-order valence-corrected chi connectivity index (χ1v) is 13.6. The molecule has 0 aliphatic heterocycles. The van der Waals surface area contributed by atoms with Crippen molar-refractivity contribution in [1.29, 1.82) is 0 Å². The van der Waals surface area contributed by atoms with Gasteiger partial charge in [-0.2, -0.15) is 0 Å². The van der Waals surface area contributed by atoms with E-state index < -0.39 is 5.76 Å². The van der Waals surface area contributed by atoms with E-state index in [4.69, 9.17) is 14.2 Å². The van der Waals surface area contributed by atoms with Crippen molar-refractivity contribution in [2.75, 3.05) is 6.61 Å². The third-order valence-corrected chi connectivity index (χ3v) is 6.87. The van der Waals surface area contributed by atoms with E-state index >= 15 is 0 Å². The minimum absolute atomic E-state index is 0. The molecule has 0 atom stereocenters. The number of hydrogen-bond acceptors (Lipinski definition) is 6. The van der Waals surface area contributed by atoms with Crippen LogP contribution in [0.15, 0.2) is 86.9 Å². The Morgan fingerprint density at radius 3 is 2.27 bits per heavy atom. The van der Waals surface area contributed by atoms with Gasteiger partial charge in [0.1, 0.15) is 11.6 Å². The Morgan fingerprint density at radius 2 is 1.63 bits per heavy atom. The number of aryl methyl sites for hydroxylation is 2. The molecule has 9 heteroatoms. The van der Waals surface area contributed by atoms with Crippen molar-refractivity contribution in [2.45, 2.75) is 46.5 Å². The fraction of sp³-hybridized carbons (Fsp3) is 0.250. The maximum absolute atomic E-state index is 13.9. The molecule has 41 heavy (non-hydrogen) atoms. The summed E-state index contributed by atoms with van der Waals surface area (Å²) >= 11 is 0. The summed E-state index contributed by atoms with van der Waals surface area (Å²) in [7, 11) is 0. The van der Waals surface area contributed by atoms with Crippen molar-refractivity contribution >= 4 is 29.6 Å². The summed E-state index contributed by atoms with van der Waals surface area (Å²) in [5, 5.41) is 3.85. The third kappa shape index (κ3) is 6.78. The fourth-order valence-electron chi connectivity index (χ4n) is 4.90. The van der Waals surface area contributed by atoms with Gasteiger partial charge in [-0.1, -0.05) is 67.0 Å². The Kier molecular flexibility index (Phi) is 10.2. The summed E-state index contributed by atoms with van der Waals surface area (Å²) in [4.78, 5) is 33.0. The SMILES string of the molecule is CCCCc1nc(C)n(-c2ccc(OCC)cc2)c(=O)c1Cc1ccc(-c2ccccc2-c2noc(=O)[nH]2)cc1.[NaH]. The van der Waals surface area contributed by atoms with Gasteiger partial charge in [-0.05, 0) is 67.6 Å². The van der Waals surface area contributed by atoms with Crippen LogP contribution in [0.2, 0.25) is 0 Å². The van der Waals surface area contributed by atoms with E-state index in [1.807, 2.05) is 86.6 Å². The zero-order chi connectivity index (χ0) is 28.1. The van der Waals surface area contributed by atoms with Gasteiger partial charge in [0.25, 0.3) is 5.56 Å². The number of nitrogens with zero attached hydrogens (tertiary/aromatic N) is 3. The first kappa shape index (κ1) is 30.2. The van der Waals surface area contributed by atoms with Crippen molar-refractivity contribution in [3.05, 3.63) is 116 Å². The second kappa shape index (κ2) is 13.8. The summed E-state index contributed by atoms with van der Waals surface area (Å²) < 4.78 is 12.0. The van der Waals surface area contributed by atoms with Gasteiger partial charge < -0.3 is 4.74 Å². The van der Waals surface area contributed by atoms with Crippen molar-refractivity contribution in [3.63, 3.8) is 0 Å². The Balaban J connectivity index is 0.00000387. The second-order valence-electron chi connectivity index (χ2n) is 9.62. The first-order valence-electron chi connectivity index (χ1n) is 13.6. The van der Waals surface area contributed by atoms with Gasteiger partial charge >= 0.3 is 35.3 Å². The molecule has 0 unspecified atom stereocenters. The summed E-state index contributed by atoms with van der Waals surface area (Å²) in [6.07, 6.45) is 3.22. The zero-order valence-corrected chi connectivity index (χ0v) is 22.9. The molecule has 0 saturated carbocycles. The topological polar surface area (TPSA) is 103 Å². The molecule has 0 saturated heterocycles. The average molecular weight is 561 g/mol. The number of H-pyrrole nitrogens is 1. The van der Waals surface area contributed by atoms with Crippen LogP contribution in [0.4, 0.5) is 0 Å². The molecule has 0 fully saturated rings. The molecule has 0 amide bonds. The predicted octanol–water partition coefficient (Wildman–Crippen LogP) is 5.23. The second-order valence-corrected chi connectivity index (χ2v) is 9.62. The van der Waals surface area contributed by atoms with Gasteiger partial charge in [0.2, 0.25) is 0 Å². The summed E-state index contributed by atoms with van der Waals surface area (Å²) in [6, 6.07) is 23.3. The molecule has 3 aromatic carbocycles. The number of ether oxygens (including phenoxy) is 1. The van der Waals surface area contributed by atoms with Crippen LogP contribution in [0.3, 0.4) is 0 Å². The monoisotopic (exact) mass is 560 g/mol. The van der Waals surface area contributed by atoms with Gasteiger partial charge in [0, 0.05) is 17.5 Å². The molecule has 0 aliphatic rings. The Morgan fingerprint density at radius 1 is 0.927 bits per heavy atom. The van der Waals surface area contributed by atoms with E-state index in [2.05, 4.69) is 17.1 Å². The van der Waals surface area contributed by atoms with Gasteiger partial charge in [0.15, 0.2) is 5.82 Å². The Bertz CT molecular complexity index is 1720. The zero-order valence-electron chi connectivity index (χ0n) is 22.9. The number of unbranched alkanes of at least 4 members (excludes halogenated alkanes) is 1. The molecule has 206 valence electrons. The van der Waals surface area contributed by atoms with Crippen LogP contribution >= 0.6 is 0 Å². The van der Waals surface area contributed by atoms with Crippen molar-refractivity contribution < 1.29 is 9.26 Å². The molecule has 0 aliphatic carbocycles. The molecule has 8 nitrogen and oxygen atoms in total. The summed E-state index contributed by atoms with van der Waals surface area (Å²) in [6.45, 7) is 6.54. The van der Waals surface area contributed by atoms with Crippen LogP contribution in [0.1, 0.15) is 49.3 Å². The molecule has 5 aromatic rings. The average Bonchev–Trinajstić information content (AvgIpc) is 3.41. The van der Waals surface area contributed by atoms with Crippen LogP contribution in [0, 0.1) is 6.92 Å². The van der Waals surface area contributed by atoms with Gasteiger partial charge in [0.05, 0.1) is 18.0 Å². The van der Waals surface area contributed by atoms with E-state index in [-0.39, 0.29) is 35.1 Å². The van der Waals surface area contributed by atoms with Crippen LogP contribution in [0.25, 0.3) is 28.2 Å². The van der Waals surface area contributed by atoms with Crippen molar-refractivity contribution in [3.8, 4) is 34.0 Å². The summed E-state index contributed by atoms with van der Waals surface area (Å²) in [5.74, 6) is 1.22. The number of aromatic amines is 1. The number of nitrogens with one attached hydrogen (secondary N) is 1. The van der Waals surface area contributed by atoms with E-state index in [1.54, 1.807) is 4.57 Å². The van der Waals surface area contributed by atoms with Crippen LogP contribution in [0.5, 0.6) is 5.75 Å². The maximum atomic E-state index is 13.9. The van der Waals surface area contributed by atoms with Crippen LogP contribution < -0.4 is 16.1 Å². The predicted molar refractivity (Wildman–Crippen MR) is 162 cm³/mol. The molecular formula is C32H33N4NaO4. The quantitative estimate of drug-likeness (QED) is 0.235. The molecule has 5 rings (SSSR count). The summed E-state index contributed by atoms with van der Waals surface area (Å²) in [5.41, 5.74) is 5.93. The van der Waals surface area contributed by atoms with E-state index in [0.717, 1.165) is 58.6 Å². The third-order valence-electron chi connectivity index (χ3n) is 6.87. The van der Waals surface area contributed by atoms with E-state index in [1.165, 1.54) is 0 Å². The molecule has 2 heterocycles. The molecule has 2 aromatic heterocycles. The number of hydrogen-bond donors (Lipinski definition) is 1. The number of rotatable bonds is 10. The molecule has 1 N–H and O–H groups in total. The van der Waals surface area contributed by atoms with Gasteiger partial charge in [-0.25, -0.2) is 9.78 Å². The van der Waals surface area contributed by atoms with Gasteiger partial charge in [-0.15, -0.1) is 0 Å². The number of benzene rings is 3. The molecular weight excluding hydrogens is 527 g/mol. The molecule has 0 radical (unpaired) electrons. The standard InChI is InChI=1S/C32H32N4O4.Na.H/c1-4-6-11-29-28(31(37)36(21(3)33-29)24-16-18-25(19-17-24)39-5-2)20-22-12-14-23(15-13-22)26-9-7-8-10-27(26)30-34-32(38)40-35-30;;/h7-10,12-19H,4-6,11,20H2,1-3H3,(H,34,35,38);;.